The van der Waals surface area contributed by atoms with E-state index in [2.05, 4.69) is 20.2 Å². The molecule has 2 rings (SSSR count). The molecule has 1 atom stereocenters. The van der Waals surface area contributed by atoms with Crippen LogP contribution >= 0.6 is 11.8 Å². The fourth-order valence-corrected chi connectivity index (χ4v) is 2.41. The molecule has 0 amide bonds. The van der Waals surface area contributed by atoms with Crippen molar-refractivity contribution < 1.29 is 9.84 Å². The van der Waals surface area contributed by atoms with Crippen LogP contribution in [-0.2, 0) is 4.74 Å². The largest absolute Gasteiger partial charge is 0.394 e. The Morgan fingerprint density at radius 3 is 3.11 bits per heavy atom. The molecular weight excluding hydrogens is 264 g/mol. The van der Waals surface area contributed by atoms with Crippen molar-refractivity contribution in [2.45, 2.75) is 18.1 Å². The standard InChI is InChI=1S/C12H20N4O2S/c1-3-13-10-6-11(15-12(14-10)19-2)16-4-5-18-8-9(16)7-17/h6,9,17H,3-5,7-8H2,1-2H3,(H,13,14,15). The average molecular weight is 284 g/mol. The predicted octanol–water partition coefficient (Wildman–Crippen LogP) is 0.828. The highest BCUT2D eigenvalue weighted by Crippen LogP contribution is 2.23. The van der Waals surface area contributed by atoms with Gasteiger partial charge in [0.15, 0.2) is 5.16 Å². The monoisotopic (exact) mass is 284 g/mol. The molecule has 7 heteroatoms. The third-order valence-corrected chi connectivity index (χ3v) is 3.51. The van der Waals surface area contributed by atoms with Crippen molar-refractivity contribution in [2.24, 2.45) is 0 Å². The van der Waals surface area contributed by atoms with Gasteiger partial charge in [-0.3, -0.25) is 0 Å². The van der Waals surface area contributed by atoms with Crippen molar-refractivity contribution in [1.29, 1.82) is 0 Å². The first-order chi connectivity index (χ1) is 9.28. The maximum atomic E-state index is 9.44. The Bertz CT molecular complexity index is 419. The van der Waals surface area contributed by atoms with Gasteiger partial charge in [0, 0.05) is 19.2 Å². The molecule has 1 aliphatic heterocycles. The van der Waals surface area contributed by atoms with Gasteiger partial charge in [-0.25, -0.2) is 9.97 Å². The number of nitrogens with one attached hydrogen (secondary N) is 1. The molecule has 1 aliphatic rings. The maximum absolute atomic E-state index is 9.44. The number of aliphatic hydroxyl groups excluding tert-OH is 1. The highest BCUT2D eigenvalue weighted by Gasteiger charge is 2.24. The first kappa shape index (κ1) is 14.4. The molecule has 0 aromatic carbocycles. The number of ether oxygens (including phenoxy) is 1. The average Bonchev–Trinajstić information content (AvgIpc) is 2.47. The second-order valence-electron chi connectivity index (χ2n) is 4.23. The van der Waals surface area contributed by atoms with Crippen LogP contribution < -0.4 is 10.2 Å². The van der Waals surface area contributed by atoms with Crippen molar-refractivity contribution in [3.05, 3.63) is 6.07 Å². The van der Waals surface area contributed by atoms with E-state index in [9.17, 15) is 5.11 Å². The van der Waals surface area contributed by atoms with Gasteiger partial charge in [0.25, 0.3) is 0 Å². The van der Waals surface area contributed by atoms with Crippen molar-refractivity contribution in [3.63, 3.8) is 0 Å². The predicted molar refractivity (Wildman–Crippen MR) is 77.0 cm³/mol. The summed E-state index contributed by atoms with van der Waals surface area (Å²) in [4.78, 5) is 11.0. The van der Waals surface area contributed by atoms with Gasteiger partial charge < -0.3 is 20.1 Å². The number of morpholine rings is 1. The lowest BCUT2D eigenvalue weighted by atomic mass is 10.2. The normalized spacial score (nSPS) is 19.5. The van der Waals surface area contributed by atoms with E-state index in [0.717, 1.165) is 29.9 Å². The molecule has 1 aromatic rings. The molecule has 1 aromatic heterocycles. The summed E-state index contributed by atoms with van der Waals surface area (Å²) < 4.78 is 5.39. The molecule has 19 heavy (non-hydrogen) atoms. The van der Waals surface area contributed by atoms with Crippen LogP contribution in [0.15, 0.2) is 11.2 Å². The summed E-state index contributed by atoms with van der Waals surface area (Å²) in [6.45, 7) is 4.84. The Kier molecular flexibility index (Phi) is 5.24. The number of aliphatic hydroxyl groups is 1. The van der Waals surface area contributed by atoms with E-state index < -0.39 is 0 Å². The molecule has 0 bridgehead atoms. The Labute approximate surface area is 117 Å². The summed E-state index contributed by atoms with van der Waals surface area (Å²) in [5.41, 5.74) is 0. The van der Waals surface area contributed by atoms with Crippen molar-refractivity contribution >= 4 is 23.4 Å². The van der Waals surface area contributed by atoms with Gasteiger partial charge >= 0.3 is 0 Å². The molecule has 6 nitrogen and oxygen atoms in total. The number of hydrogen-bond donors (Lipinski definition) is 2. The number of rotatable bonds is 5. The van der Waals surface area contributed by atoms with Gasteiger partial charge in [0.05, 0.1) is 25.9 Å². The lowest BCUT2D eigenvalue weighted by Crippen LogP contribution is -2.48. The maximum Gasteiger partial charge on any atom is 0.191 e. The van der Waals surface area contributed by atoms with Gasteiger partial charge in [0.2, 0.25) is 0 Å². The third-order valence-electron chi connectivity index (χ3n) is 2.97. The van der Waals surface area contributed by atoms with Gasteiger partial charge in [-0.1, -0.05) is 11.8 Å². The zero-order valence-corrected chi connectivity index (χ0v) is 12.1. The fourth-order valence-electron chi connectivity index (χ4n) is 2.03. The van der Waals surface area contributed by atoms with Crippen LogP contribution in [0.25, 0.3) is 0 Å². The number of hydrogen-bond acceptors (Lipinski definition) is 7. The number of aromatic nitrogens is 2. The summed E-state index contributed by atoms with van der Waals surface area (Å²) in [6, 6.07) is 1.89. The SMILES string of the molecule is CCNc1cc(N2CCOCC2CO)nc(SC)n1. The summed E-state index contributed by atoms with van der Waals surface area (Å²) in [6.07, 6.45) is 1.96. The molecule has 1 saturated heterocycles. The summed E-state index contributed by atoms with van der Waals surface area (Å²) in [5, 5.41) is 13.4. The molecule has 2 heterocycles. The van der Waals surface area contributed by atoms with E-state index >= 15 is 0 Å². The summed E-state index contributed by atoms with van der Waals surface area (Å²) >= 11 is 1.51. The zero-order chi connectivity index (χ0) is 13.7. The quantitative estimate of drug-likeness (QED) is 0.613. The third kappa shape index (κ3) is 3.49. The van der Waals surface area contributed by atoms with Crippen LogP contribution in [0.1, 0.15) is 6.92 Å². The first-order valence-electron chi connectivity index (χ1n) is 6.40. The van der Waals surface area contributed by atoms with Gasteiger partial charge in [-0.05, 0) is 13.2 Å². The lowest BCUT2D eigenvalue weighted by Gasteiger charge is -2.35. The molecular formula is C12H20N4O2S. The molecule has 1 fully saturated rings. The van der Waals surface area contributed by atoms with E-state index in [0.29, 0.717) is 13.2 Å². The van der Waals surface area contributed by atoms with Crippen molar-refractivity contribution in [3.8, 4) is 0 Å². The Balaban J connectivity index is 2.28. The smallest absolute Gasteiger partial charge is 0.191 e. The van der Waals surface area contributed by atoms with Crippen LogP contribution in [0.5, 0.6) is 0 Å². The molecule has 0 aliphatic carbocycles. The highest BCUT2D eigenvalue weighted by molar-refractivity contribution is 7.98. The first-order valence-corrected chi connectivity index (χ1v) is 7.63. The van der Waals surface area contributed by atoms with Crippen LogP contribution in [0, 0.1) is 0 Å². The Morgan fingerprint density at radius 1 is 1.58 bits per heavy atom. The number of anilines is 2. The van der Waals surface area contributed by atoms with E-state index in [4.69, 9.17) is 4.74 Å². The summed E-state index contributed by atoms with van der Waals surface area (Å²) in [7, 11) is 0. The highest BCUT2D eigenvalue weighted by atomic mass is 32.2. The Morgan fingerprint density at radius 2 is 2.42 bits per heavy atom. The topological polar surface area (TPSA) is 70.5 Å². The molecule has 106 valence electrons. The van der Waals surface area contributed by atoms with E-state index in [1.165, 1.54) is 11.8 Å². The Hall–Kier alpha value is -1.05. The van der Waals surface area contributed by atoms with Crippen LogP contribution in [0.2, 0.25) is 0 Å². The molecule has 0 radical (unpaired) electrons. The minimum Gasteiger partial charge on any atom is -0.394 e. The second kappa shape index (κ2) is 6.93. The van der Waals surface area contributed by atoms with Crippen molar-refractivity contribution in [2.75, 3.05) is 49.4 Å². The van der Waals surface area contributed by atoms with Gasteiger partial charge in [0.1, 0.15) is 11.6 Å². The molecule has 0 saturated carbocycles. The number of thioether (sulfide) groups is 1. The minimum absolute atomic E-state index is 0.0344. The summed E-state index contributed by atoms with van der Waals surface area (Å²) in [5.74, 6) is 1.66. The molecule has 0 spiro atoms. The molecule has 2 N–H and O–H groups in total. The van der Waals surface area contributed by atoms with E-state index in [-0.39, 0.29) is 12.6 Å². The second-order valence-corrected chi connectivity index (χ2v) is 5.01. The molecule has 1 unspecified atom stereocenters. The lowest BCUT2D eigenvalue weighted by molar-refractivity contribution is 0.0722. The van der Waals surface area contributed by atoms with Crippen molar-refractivity contribution in [1.82, 2.24) is 9.97 Å². The van der Waals surface area contributed by atoms with E-state index in [1.807, 2.05) is 19.2 Å². The van der Waals surface area contributed by atoms with Gasteiger partial charge in [-0.2, -0.15) is 0 Å². The minimum atomic E-state index is -0.0344. The van der Waals surface area contributed by atoms with Crippen LogP contribution in [0.3, 0.4) is 0 Å². The zero-order valence-electron chi connectivity index (χ0n) is 11.3. The van der Waals surface area contributed by atoms with Gasteiger partial charge in [-0.15, -0.1) is 0 Å². The number of nitrogens with zero attached hydrogens (tertiary/aromatic N) is 3. The van der Waals surface area contributed by atoms with E-state index in [1.54, 1.807) is 0 Å². The van der Waals surface area contributed by atoms with Crippen LogP contribution in [0.4, 0.5) is 11.6 Å². The van der Waals surface area contributed by atoms with Crippen LogP contribution in [-0.4, -0.2) is 60.3 Å². The fraction of sp³-hybridized carbons (Fsp3) is 0.667.